The Morgan fingerprint density at radius 2 is 2.27 bits per heavy atom. The molecule has 1 amide bonds. The molecule has 2 aromatic heterocycles. The van der Waals surface area contributed by atoms with Crippen LogP contribution in [0.15, 0.2) is 11.1 Å². The zero-order chi connectivity index (χ0) is 18.1. The molecule has 0 saturated carbocycles. The van der Waals surface area contributed by atoms with Crippen LogP contribution in [0.25, 0.3) is 10.2 Å². The summed E-state index contributed by atoms with van der Waals surface area (Å²) in [7, 11) is 0. The van der Waals surface area contributed by atoms with Gasteiger partial charge >= 0.3 is 0 Å². The highest BCUT2D eigenvalue weighted by atomic mass is 32.1. The van der Waals surface area contributed by atoms with E-state index in [1.165, 1.54) is 16.9 Å². The number of piperidine rings is 1. The molecule has 0 aromatic carbocycles. The van der Waals surface area contributed by atoms with Crippen molar-refractivity contribution in [3.05, 3.63) is 27.1 Å². The summed E-state index contributed by atoms with van der Waals surface area (Å²) in [6, 6.07) is 0.227. The average Bonchev–Trinajstić information content (AvgIpc) is 3.02. The molecule has 2 N–H and O–H groups in total. The van der Waals surface area contributed by atoms with E-state index in [0.717, 1.165) is 49.0 Å². The zero-order valence-corrected chi connectivity index (χ0v) is 16.0. The van der Waals surface area contributed by atoms with E-state index in [2.05, 4.69) is 22.5 Å². The Morgan fingerprint density at radius 3 is 3.12 bits per heavy atom. The summed E-state index contributed by atoms with van der Waals surface area (Å²) in [6.45, 7) is 4.42. The molecule has 1 aliphatic heterocycles. The minimum absolute atomic E-state index is 0.0115. The van der Waals surface area contributed by atoms with E-state index in [4.69, 9.17) is 0 Å². The van der Waals surface area contributed by atoms with E-state index in [1.807, 2.05) is 0 Å². The summed E-state index contributed by atoms with van der Waals surface area (Å²) < 4.78 is 1.61. The Kier molecular flexibility index (Phi) is 5.09. The lowest BCUT2D eigenvalue weighted by molar-refractivity contribution is -0.122. The molecule has 3 heterocycles. The van der Waals surface area contributed by atoms with Crippen molar-refractivity contribution < 1.29 is 4.79 Å². The van der Waals surface area contributed by atoms with Crippen LogP contribution in [0.2, 0.25) is 0 Å². The van der Waals surface area contributed by atoms with Gasteiger partial charge in [-0.1, -0.05) is 6.92 Å². The van der Waals surface area contributed by atoms with E-state index in [-0.39, 0.29) is 17.5 Å². The lowest BCUT2D eigenvalue weighted by Crippen LogP contribution is -2.48. The maximum absolute atomic E-state index is 12.9. The molecule has 2 aromatic rings. The lowest BCUT2D eigenvalue weighted by Gasteiger charge is -2.30. The Hall–Kier alpha value is -1.73. The number of hydrogen-bond acceptors (Lipinski definition) is 5. The number of rotatable bonds is 4. The summed E-state index contributed by atoms with van der Waals surface area (Å²) in [5.74, 6) is 0.453. The van der Waals surface area contributed by atoms with Gasteiger partial charge in [-0.3, -0.25) is 14.2 Å². The van der Waals surface area contributed by atoms with Gasteiger partial charge in [-0.25, -0.2) is 4.98 Å². The third-order valence-electron chi connectivity index (χ3n) is 5.65. The van der Waals surface area contributed by atoms with Gasteiger partial charge < -0.3 is 10.6 Å². The van der Waals surface area contributed by atoms with Crippen LogP contribution in [0, 0.1) is 5.92 Å². The molecule has 1 saturated heterocycles. The minimum Gasteiger partial charge on any atom is -0.353 e. The van der Waals surface area contributed by atoms with Crippen molar-refractivity contribution in [2.24, 2.45) is 5.92 Å². The highest BCUT2D eigenvalue weighted by Gasteiger charge is 2.23. The first-order chi connectivity index (χ1) is 12.6. The SMILES string of the molecule is CC1CNCCC1NC(=O)CCn1cnc2sc3c(c2c1=O)CCCC3. The van der Waals surface area contributed by atoms with Crippen LogP contribution in [-0.2, 0) is 24.2 Å². The molecule has 7 heteroatoms. The van der Waals surface area contributed by atoms with Crippen molar-refractivity contribution >= 4 is 27.5 Å². The molecular weight excluding hydrogens is 348 g/mol. The van der Waals surface area contributed by atoms with Crippen LogP contribution in [0.3, 0.4) is 0 Å². The fourth-order valence-electron chi connectivity index (χ4n) is 4.07. The molecule has 2 atom stereocenters. The molecule has 0 bridgehead atoms. The summed E-state index contributed by atoms with van der Waals surface area (Å²) in [6.07, 6.45) is 7.26. The largest absolute Gasteiger partial charge is 0.353 e. The van der Waals surface area contributed by atoms with Crippen LogP contribution < -0.4 is 16.2 Å². The maximum Gasteiger partial charge on any atom is 0.262 e. The number of nitrogens with one attached hydrogen (secondary N) is 2. The van der Waals surface area contributed by atoms with Gasteiger partial charge in [0.05, 0.1) is 11.7 Å². The number of fused-ring (bicyclic) bond motifs is 3. The van der Waals surface area contributed by atoms with Gasteiger partial charge in [-0.15, -0.1) is 11.3 Å². The first-order valence-corrected chi connectivity index (χ1v) is 10.4. The highest BCUT2D eigenvalue weighted by Crippen LogP contribution is 2.33. The average molecular weight is 375 g/mol. The monoisotopic (exact) mass is 374 g/mol. The quantitative estimate of drug-likeness (QED) is 0.856. The third-order valence-corrected chi connectivity index (χ3v) is 6.85. The van der Waals surface area contributed by atoms with Crippen molar-refractivity contribution in [1.29, 1.82) is 0 Å². The van der Waals surface area contributed by atoms with Crippen LogP contribution in [0.1, 0.15) is 43.0 Å². The molecule has 140 valence electrons. The number of amides is 1. The van der Waals surface area contributed by atoms with Gasteiger partial charge in [0.1, 0.15) is 4.83 Å². The summed E-state index contributed by atoms with van der Waals surface area (Å²) in [5.41, 5.74) is 1.22. The number of carbonyl (C=O) groups is 1. The second-order valence-corrected chi connectivity index (χ2v) is 8.61. The van der Waals surface area contributed by atoms with Gasteiger partial charge in [0.2, 0.25) is 5.91 Å². The summed E-state index contributed by atoms with van der Waals surface area (Å²) in [4.78, 5) is 31.9. The molecule has 0 spiro atoms. The number of aryl methyl sites for hydroxylation is 3. The molecule has 26 heavy (non-hydrogen) atoms. The van der Waals surface area contributed by atoms with Gasteiger partial charge in [-0.05, 0) is 56.7 Å². The van der Waals surface area contributed by atoms with Crippen molar-refractivity contribution in [1.82, 2.24) is 20.2 Å². The predicted octanol–water partition coefficient (Wildman–Crippen LogP) is 1.84. The normalized spacial score (nSPS) is 23.0. The fourth-order valence-corrected chi connectivity index (χ4v) is 5.29. The number of nitrogens with zero attached hydrogens (tertiary/aromatic N) is 2. The molecule has 1 aliphatic carbocycles. The van der Waals surface area contributed by atoms with Crippen molar-refractivity contribution in [2.75, 3.05) is 13.1 Å². The van der Waals surface area contributed by atoms with Crippen LogP contribution >= 0.6 is 11.3 Å². The Balaban J connectivity index is 1.46. The van der Waals surface area contributed by atoms with Gasteiger partial charge in [0.15, 0.2) is 0 Å². The van der Waals surface area contributed by atoms with Gasteiger partial charge in [-0.2, -0.15) is 0 Å². The third kappa shape index (κ3) is 3.42. The molecule has 2 unspecified atom stereocenters. The molecular formula is C19H26N4O2S. The maximum atomic E-state index is 12.9. The van der Waals surface area contributed by atoms with Gasteiger partial charge in [0.25, 0.3) is 5.56 Å². The summed E-state index contributed by atoms with van der Waals surface area (Å²) >= 11 is 1.66. The Bertz CT molecular complexity index is 872. The molecule has 4 rings (SSSR count). The van der Waals surface area contributed by atoms with E-state index in [1.54, 1.807) is 22.2 Å². The Morgan fingerprint density at radius 1 is 1.42 bits per heavy atom. The first-order valence-electron chi connectivity index (χ1n) is 9.63. The predicted molar refractivity (Wildman–Crippen MR) is 104 cm³/mol. The molecule has 2 aliphatic rings. The lowest BCUT2D eigenvalue weighted by atomic mass is 9.95. The van der Waals surface area contributed by atoms with Crippen LogP contribution in [-0.4, -0.2) is 34.6 Å². The minimum atomic E-state index is 0.0115. The number of hydrogen-bond donors (Lipinski definition) is 2. The zero-order valence-electron chi connectivity index (χ0n) is 15.2. The van der Waals surface area contributed by atoms with E-state index in [9.17, 15) is 9.59 Å². The number of thiophene rings is 1. The van der Waals surface area contributed by atoms with Crippen molar-refractivity contribution in [2.45, 2.75) is 58.0 Å². The second kappa shape index (κ2) is 7.48. The van der Waals surface area contributed by atoms with E-state index in [0.29, 0.717) is 18.9 Å². The Labute approximate surface area is 157 Å². The number of carbonyl (C=O) groups excluding carboxylic acids is 1. The number of aromatic nitrogens is 2. The van der Waals surface area contributed by atoms with E-state index < -0.39 is 0 Å². The molecule has 1 fully saturated rings. The van der Waals surface area contributed by atoms with Crippen LogP contribution in [0.4, 0.5) is 0 Å². The fraction of sp³-hybridized carbons (Fsp3) is 0.632. The topological polar surface area (TPSA) is 76.0 Å². The first kappa shape index (κ1) is 17.7. The summed E-state index contributed by atoms with van der Waals surface area (Å²) in [5, 5.41) is 7.26. The highest BCUT2D eigenvalue weighted by molar-refractivity contribution is 7.18. The smallest absolute Gasteiger partial charge is 0.262 e. The molecule has 6 nitrogen and oxygen atoms in total. The standard InChI is InChI=1S/C19H26N4O2S/c1-12-10-20-8-6-14(12)22-16(24)7-9-23-11-21-18-17(19(23)25)13-4-2-3-5-15(13)26-18/h11-12,14,20H,2-10H2,1H3,(H,22,24). The molecule has 0 radical (unpaired) electrons. The van der Waals surface area contributed by atoms with Crippen molar-refractivity contribution in [3.8, 4) is 0 Å². The van der Waals surface area contributed by atoms with Gasteiger partial charge in [0, 0.05) is 23.9 Å². The second-order valence-electron chi connectivity index (χ2n) is 7.53. The van der Waals surface area contributed by atoms with Crippen molar-refractivity contribution in [3.63, 3.8) is 0 Å². The van der Waals surface area contributed by atoms with Crippen LogP contribution in [0.5, 0.6) is 0 Å². The van der Waals surface area contributed by atoms with E-state index >= 15 is 0 Å².